The molecule has 2 spiro atoms. The van der Waals surface area contributed by atoms with Gasteiger partial charge < -0.3 is 5.32 Å². The number of hydrogen-bond acceptors (Lipinski definition) is 2. The Morgan fingerprint density at radius 3 is 2.60 bits per heavy atom. The number of hydrogen-bond donors (Lipinski definition) is 1. The van der Waals surface area contributed by atoms with E-state index in [1.165, 1.54) is 50.5 Å². The molecule has 5 rings (SSSR count). The first-order valence-electron chi connectivity index (χ1n) is 10.5. The first-order valence-corrected chi connectivity index (χ1v) is 10.5. The van der Waals surface area contributed by atoms with Crippen LogP contribution in [0.15, 0.2) is 23.8 Å². The number of Topliss-reactive ketones (excluding diaryl/α,β-unsaturated/α-hetero) is 1. The molecule has 0 aromatic rings. The maximum Gasteiger partial charge on any atom is 0.159 e. The van der Waals surface area contributed by atoms with Crippen molar-refractivity contribution in [3.05, 3.63) is 23.8 Å². The molecule has 5 fully saturated rings. The Morgan fingerprint density at radius 2 is 1.88 bits per heavy atom. The number of rotatable bonds is 1. The van der Waals surface area contributed by atoms with Gasteiger partial charge in [0.05, 0.1) is 0 Å². The predicted octanol–water partition coefficient (Wildman–Crippen LogP) is 4.66. The molecule has 0 saturated heterocycles. The van der Waals surface area contributed by atoms with Crippen LogP contribution in [-0.2, 0) is 4.79 Å². The van der Waals surface area contributed by atoms with E-state index in [4.69, 9.17) is 0 Å². The van der Waals surface area contributed by atoms with Crippen molar-refractivity contribution in [2.75, 3.05) is 7.05 Å². The summed E-state index contributed by atoms with van der Waals surface area (Å²) < 4.78 is 0. The van der Waals surface area contributed by atoms with E-state index in [-0.39, 0.29) is 5.41 Å². The number of allylic oxidation sites excluding steroid dienone is 2. The average molecular weight is 340 g/mol. The lowest BCUT2D eigenvalue weighted by Gasteiger charge is -2.56. The van der Waals surface area contributed by atoms with E-state index in [9.17, 15) is 4.79 Å². The molecule has 0 aliphatic heterocycles. The number of likely N-dealkylation sites (N-methyl/N-ethyl adjacent to an activating group) is 1. The fraction of sp³-hybridized carbons (Fsp3) is 0.783. The zero-order valence-electron chi connectivity index (χ0n) is 16.2. The van der Waals surface area contributed by atoms with E-state index in [0.717, 1.165) is 23.8 Å². The van der Waals surface area contributed by atoms with Crippen molar-refractivity contribution >= 4 is 5.78 Å². The standard InChI is InChI=1S/C23H33NO/c1-5-15-17-8-10-23-13-22(23)11-9-18(24-4)14(2)16(22)6-7-20(23)21(17,3)12-19(15)25/h5,16-18,20,24H,2,6-13H2,1,3-4H3/b15-5-/t16-,17-,18-,20-,21+,22+,23-/m0/s1. The minimum absolute atomic E-state index is 0.229. The highest BCUT2D eigenvalue weighted by atomic mass is 16.1. The molecule has 2 nitrogen and oxygen atoms in total. The number of nitrogens with one attached hydrogen (secondary N) is 1. The lowest BCUT2D eigenvalue weighted by atomic mass is 9.48. The summed E-state index contributed by atoms with van der Waals surface area (Å²) in [5.74, 6) is 2.47. The summed E-state index contributed by atoms with van der Waals surface area (Å²) >= 11 is 0. The van der Waals surface area contributed by atoms with Crippen molar-refractivity contribution in [3.8, 4) is 0 Å². The van der Waals surface area contributed by atoms with Crippen molar-refractivity contribution in [3.63, 3.8) is 0 Å². The smallest absolute Gasteiger partial charge is 0.159 e. The Kier molecular flexibility index (Phi) is 3.18. The largest absolute Gasteiger partial charge is 0.313 e. The Labute approximate surface area is 152 Å². The Balaban J connectivity index is 1.52. The van der Waals surface area contributed by atoms with Crippen molar-refractivity contribution in [1.82, 2.24) is 5.32 Å². The number of carbonyl (C=O) groups is 1. The molecule has 0 unspecified atom stereocenters. The SMILES string of the molecule is C=C1[C@@H](NC)CC[C@]23C[C@]24CC[C@H]2/C(=C/C)C(=O)C[C@@]2(C)[C@@H]4CC[C@@H]13. The molecule has 0 heterocycles. The summed E-state index contributed by atoms with van der Waals surface area (Å²) in [6, 6.07) is 0.527. The Morgan fingerprint density at radius 1 is 1.12 bits per heavy atom. The van der Waals surface area contributed by atoms with Crippen LogP contribution in [0.25, 0.3) is 0 Å². The van der Waals surface area contributed by atoms with E-state index in [1.54, 1.807) is 0 Å². The van der Waals surface area contributed by atoms with Crippen molar-refractivity contribution in [1.29, 1.82) is 0 Å². The molecule has 1 N–H and O–H groups in total. The van der Waals surface area contributed by atoms with Gasteiger partial charge in [-0.05, 0) is 98.5 Å². The van der Waals surface area contributed by atoms with Crippen LogP contribution in [-0.4, -0.2) is 18.9 Å². The lowest BCUT2D eigenvalue weighted by Crippen LogP contribution is -2.51. The normalized spacial score (nSPS) is 55.4. The van der Waals surface area contributed by atoms with E-state index in [2.05, 4.69) is 38.9 Å². The third-order valence-electron chi connectivity index (χ3n) is 9.72. The summed E-state index contributed by atoms with van der Waals surface area (Å²) in [6.45, 7) is 9.09. The molecule has 0 aromatic heterocycles. The van der Waals surface area contributed by atoms with E-state index < -0.39 is 0 Å². The van der Waals surface area contributed by atoms with Crippen LogP contribution >= 0.6 is 0 Å². The first kappa shape index (κ1) is 16.3. The van der Waals surface area contributed by atoms with E-state index >= 15 is 0 Å². The van der Waals surface area contributed by atoms with Gasteiger partial charge in [-0.15, -0.1) is 0 Å². The van der Waals surface area contributed by atoms with E-state index in [1.807, 2.05) is 0 Å². The topological polar surface area (TPSA) is 29.1 Å². The van der Waals surface area contributed by atoms with Gasteiger partial charge in [-0.1, -0.05) is 25.2 Å². The van der Waals surface area contributed by atoms with Crippen LogP contribution < -0.4 is 5.32 Å². The summed E-state index contributed by atoms with van der Waals surface area (Å²) in [5, 5.41) is 3.50. The third-order valence-corrected chi connectivity index (χ3v) is 9.72. The zero-order valence-corrected chi connectivity index (χ0v) is 16.2. The number of fused-ring (bicyclic) bond motifs is 2. The molecule has 5 aliphatic carbocycles. The Bertz CT molecular complexity index is 692. The lowest BCUT2D eigenvalue weighted by molar-refractivity contribution is -0.117. The van der Waals surface area contributed by atoms with Crippen molar-refractivity contribution in [2.45, 2.75) is 71.3 Å². The molecule has 7 atom stereocenters. The van der Waals surface area contributed by atoms with E-state index in [0.29, 0.717) is 28.6 Å². The summed E-state index contributed by atoms with van der Waals surface area (Å²) in [4.78, 5) is 12.7. The van der Waals surface area contributed by atoms with Crippen LogP contribution in [0.5, 0.6) is 0 Å². The summed E-state index contributed by atoms with van der Waals surface area (Å²) in [6.07, 6.45) is 12.2. The first-order chi connectivity index (χ1) is 11.9. The van der Waals surface area contributed by atoms with Crippen LogP contribution in [0.2, 0.25) is 0 Å². The molecule has 0 amide bonds. The molecule has 136 valence electrons. The highest BCUT2D eigenvalue weighted by molar-refractivity contribution is 5.99. The second kappa shape index (κ2) is 4.88. The fourth-order valence-electron chi connectivity index (χ4n) is 8.77. The van der Waals surface area contributed by atoms with Gasteiger partial charge in [-0.3, -0.25) is 4.79 Å². The van der Waals surface area contributed by atoms with Crippen molar-refractivity contribution in [2.24, 2.45) is 34.0 Å². The van der Waals surface area contributed by atoms with Crippen LogP contribution in [0, 0.1) is 34.0 Å². The zero-order chi connectivity index (χ0) is 17.6. The molecular formula is C23H33NO. The van der Waals surface area contributed by atoms with Gasteiger partial charge in [-0.25, -0.2) is 0 Å². The highest BCUT2D eigenvalue weighted by Gasteiger charge is 2.79. The summed E-state index contributed by atoms with van der Waals surface area (Å²) in [7, 11) is 2.09. The third kappa shape index (κ3) is 1.69. The molecule has 5 aliphatic rings. The van der Waals surface area contributed by atoms with Gasteiger partial charge in [0.25, 0.3) is 0 Å². The number of ketones is 1. The predicted molar refractivity (Wildman–Crippen MR) is 101 cm³/mol. The van der Waals surface area contributed by atoms with Gasteiger partial charge in [0.2, 0.25) is 0 Å². The van der Waals surface area contributed by atoms with Crippen LogP contribution in [0.1, 0.15) is 65.2 Å². The molecule has 2 heteroatoms. The fourth-order valence-corrected chi connectivity index (χ4v) is 8.77. The van der Waals surface area contributed by atoms with Crippen molar-refractivity contribution < 1.29 is 4.79 Å². The molecule has 0 radical (unpaired) electrons. The quantitative estimate of drug-likeness (QED) is 0.556. The monoisotopic (exact) mass is 339 g/mol. The highest BCUT2D eigenvalue weighted by Crippen LogP contribution is 2.86. The second-order valence-electron chi connectivity index (χ2n) is 10.1. The van der Waals surface area contributed by atoms with Gasteiger partial charge in [-0.2, -0.15) is 0 Å². The van der Waals surface area contributed by atoms with Gasteiger partial charge in [0, 0.05) is 12.5 Å². The maximum absolute atomic E-state index is 12.7. The van der Waals surface area contributed by atoms with Crippen LogP contribution in [0.4, 0.5) is 0 Å². The molecule has 0 bridgehead atoms. The minimum Gasteiger partial charge on any atom is -0.313 e. The molecule has 5 saturated carbocycles. The van der Waals surface area contributed by atoms with Crippen LogP contribution in [0.3, 0.4) is 0 Å². The minimum atomic E-state index is 0.229. The summed E-state index contributed by atoms with van der Waals surface area (Å²) in [5.41, 5.74) is 3.96. The maximum atomic E-state index is 12.7. The number of carbonyl (C=O) groups excluding carboxylic acids is 1. The molecule has 0 aromatic carbocycles. The molecule has 25 heavy (non-hydrogen) atoms. The second-order valence-corrected chi connectivity index (χ2v) is 10.1. The van der Waals surface area contributed by atoms with Gasteiger partial charge in [0.15, 0.2) is 5.78 Å². The Hall–Kier alpha value is -0.890. The average Bonchev–Trinajstić information content (AvgIpc) is 3.16. The molecular weight excluding hydrogens is 306 g/mol. The van der Waals surface area contributed by atoms with Gasteiger partial charge in [0.1, 0.15) is 0 Å². The van der Waals surface area contributed by atoms with Gasteiger partial charge >= 0.3 is 0 Å².